The van der Waals surface area contributed by atoms with Crippen LogP contribution in [0.3, 0.4) is 0 Å². The number of nitrogens with zero attached hydrogens (tertiary/aromatic N) is 3. The third-order valence-electron chi connectivity index (χ3n) is 4.71. The first kappa shape index (κ1) is 25.7. The number of esters is 1. The fourth-order valence-corrected chi connectivity index (χ4v) is 4.23. The van der Waals surface area contributed by atoms with Gasteiger partial charge in [-0.1, -0.05) is 45.0 Å². The van der Waals surface area contributed by atoms with Crippen molar-refractivity contribution in [3.63, 3.8) is 0 Å². The molecule has 0 spiro atoms. The smallest absolute Gasteiger partial charge is 0.343 e. The lowest BCUT2D eigenvalue weighted by Crippen LogP contribution is -2.13. The number of ether oxygens (including phenoxy) is 1. The summed E-state index contributed by atoms with van der Waals surface area (Å²) in [6.07, 6.45) is 2.29. The van der Waals surface area contributed by atoms with Crippen LogP contribution in [-0.4, -0.2) is 35.9 Å². The minimum absolute atomic E-state index is 0.0266. The molecule has 180 valence electrons. The van der Waals surface area contributed by atoms with Crippen molar-refractivity contribution in [2.45, 2.75) is 31.3 Å². The number of amides is 1. The number of hydrogen-bond donors (Lipinski definition) is 1. The number of nitriles is 1. The van der Waals surface area contributed by atoms with Gasteiger partial charge in [-0.3, -0.25) is 10.1 Å². The second-order valence-electron chi connectivity index (χ2n) is 8.56. The topological polar surface area (TPSA) is 139 Å². The highest BCUT2D eigenvalue weighted by Crippen LogP contribution is 2.23. The van der Waals surface area contributed by atoms with E-state index in [1.165, 1.54) is 6.08 Å². The molecule has 9 nitrogen and oxygen atoms in total. The number of carbonyl (C=O) groups is 2. The van der Waals surface area contributed by atoms with Gasteiger partial charge in [-0.2, -0.15) is 14.6 Å². The molecule has 1 aromatic heterocycles. The minimum atomic E-state index is -3.61. The number of benzene rings is 2. The molecule has 2 aromatic carbocycles. The summed E-state index contributed by atoms with van der Waals surface area (Å²) in [6.45, 7) is 6.26. The van der Waals surface area contributed by atoms with Crippen molar-refractivity contribution in [3.8, 4) is 11.8 Å². The molecule has 0 unspecified atom stereocenters. The molecule has 1 N–H and O–H groups in total. The number of anilines is 1. The maximum atomic E-state index is 12.4. The Labute approximate surface area is 207 Å². The Morgan fingerprint density at radius 3 is 2.23 bits per heavy atom. The summed E-state index contributed by atoms with van der Waals surface area (Å²) in [5, 5.41) is 11.3. The van der Waals surface area contributed by atoms with Crippen molar-refractivity contribution >= 4 is 44.5 Å². The highest BCUT2D eigenvalue weighted by molar-refractivity contribution is 7.90. The van der Waals surface area contributed by atoms with Crippen LogP contribution in [0.2, 0.25) is 0 Å². The van der Waals surface area contributed by atoms with E-state index >= 15 is 0 Å². The van der Waals surface area contributed by atoms with Crippen LogP contribution in [0.25, 0.3) is 6.08 Å². The Bertz CT molecular complexity index is 1430. The summed E-state index contributed by atoms with van der Waals surface area (Å²) in [6, 6.07) is 15.3. The van der Waals surface area contributed by atoms with Gasteiger partial charge in [0, 0.05) is 17.8 Å². The van der Waals surface area contributed by atoms with Crippen LogP contribution in [0.1, 0.15) is 42.3 Å². The summed E-state index contributed by atoms with van der Waals surface area (Å²) in [5.74, 6) is -0.966. The van der Waals surface area contributed by atoms with Crippen LogP contribution in [0, 0.1) is 11.3 Å². The molecule has 0 saturated carbocycles. The highest BCUT2D eigenvalue weighted by Gasteiger charge is 2.18. The van der Waals surface area contributed by atoms with E-state index in [1.807, 2.05) is 12.1 Å². The van der Waals surface area contributed by atoms with E-state index in [9.17, 15) is 23.3 Å². The van der Waals surface area contributed by atoms with E-state index < -0.39 is 26.9 Å². The number of rotatable bonds is 6. The first-order chi connectivity index (χ1) is 16.4. The van der Waals surface area contributed by atoms with Crippen molar-refractivity contribution in [1.82, 2.24) is 9.36 Å². The van der Waals surface area contributed by atoms with Crippen LogP contribution in [0.5, 0.6) is 5.75 Å². The van der Waals surface area contributed by atoms with Crippen molar-refractivity contribution in [1.29, 1.82) is 5.26 Å². The number of aromatic nitrogens is 2. The molecule has 1 heterocycles. The monoisotopic (exact) mass is 510 g/mol. The van der Waals surface area contributed by atoms with E-state index in [0.29, 0.717) is 28.4 Å². The molecule has 0 aliphatic carbocycles. The molecule has 3 aromatic rings. The van der Waals surface area contributed by atoms with Crippen molar-refractivity contribution in [2.75, 3.05) is 11.6 Å². The molecule has 35 heavy (non-hydrogen) atoms. The Morgan fingerprint density at radius 2 is 1.71 bits per heavy atom. The number of hydrogen-bond acceptors (Lipinski definition) is 9. The van der Waals surface area contributed by atoms with Crippen molar-refractivity contribution in [2.24, 2.45) is 0 Å². The Kier molecular flexibility index (Phi) is 7.48. The zero-order valence-corrected chi connectivity index (χ0v) is 21.0. The first-order valence-electron chi connectivity index (χ1n) is 10.3. The molecule has 0 aliphatic heterocycles. The van der Waals surface area contributed by atoms with Gasteiger partial charge in [0.25, 0.3) is 11.1 Å². The van der Waals surface area contributed by atoms with Gasteiger partial charge >= 0.3 is 5.97 Å². The first-order valence-corrected chi connectivity index (χ1v) is 12.9. The molecule has 0 bridgehead atoms. The van der Waals surface area contributed by atoms with Crippen LogP contribution in [0.15, 0.2) is 59.3 Å². The lowest BCUT2D eigenvalue weighted by molar-refractivity contribution is -0.112. The molecule has 0 atom stereocenters. The van der Waals surface area contributed by atoms with Gasteiger partial charge in [0.05, 0.1) is 5.56 Å². The Balaban J connectivity index is 1.67. The zero-order chi connectivity index (χ0) is 25.8. The highest BCUT2D eigenvalue weighted by atomic mass is 32.2. The molecule has 0 aliphatic rings. The van der Waals surface area contributed by atoms with Crippen LogP contribution >= 0.6 is 11.5 Å². The van der Waals surface area contributed by atoms with Crippen molar-refractivity contribution < 1.29 is 22.7 Å². The van der Waals surface area contributed by atoms with E-state index in [-0.39, 0.29) is 16.1 Å². The molecular weight excluding hydrogens is 488 g/mol. The van der Waals surface area contributed by atoms with Gasteiger partial charge in [-0.15, -0.1) is 0 Å². The third kappa shape index (κ3) is 6.81. The van der Waals surface area contributed by atoms with Gasteiger partial charge in [-0.05, 0) is 46.9 Å². The zero-order valence-electron chi connectivity index (χ0n) is 19.4. The maximum absolute atomic E-state index is 12.4. The largest absolute Gasteiger partial charge is 0.423 e. The molecule has 1 amide bonds. The van der Waals surface area contributed by atoms with E-state index in [2.05, 4.69) is 35.4 Å². The summed E-state index contributed by atoms with van der Waals surface area (Å²) in [5.41, 5.74) is 1.77. The molecule has 0 fully saturated rings. The summed E-state index contributed by atoms with van der Waals surface area (Å²) in [4.78, 5) is 28.5. The van der Waals surface area contributed by atoms with E-state index in [1.54, 1.807) is 42.5 Å². The summed E-state index contributed by atoms with van der Waals surface area (Å²) in [7, 11) is -3.61. The van der Waals surface area contributed by atoms with Crippen LogP contribution < -0.4 is 10.1 Å². The normalized spacial score (nSPS) is 12.0. The molecular formula is C24H22N4O5S2. The van der Waals surface area contributed by atoms with Gasteiger partial charge < -0.3 is 4.74 Å². The summed E-state index contributed by atoms with van der Waals surface area (Å²) >= 11 is 0.689. The fraction of sp³-hybridized carbons (Fsp3) is 0.208. The molecule has 0 radical (unpaired) electrons. The standard InChI is InChI=1S/C24H22N4O5S2/c1-24(2,3)18-9-7-16(8-10-18)21(30)33-19-11-5-15(6-12-19)13-17(14-25)20(29)26-22-27-23(28-34-22)35(4,31)32/h5-13H,1-4H3,(H,26,27,28,29)/b17-13-. The van der Waals surface area contributed by atoms with Crippen molar-refractivity contribution in [3.05, 3.63) is 70.8 Å². The number of nitrogens with one attached hydrogen (secondary N) is 1. The van der Waals surface area contributed by atoms with Crippen LogP contribution in [0.4, 0.5) is 5.13 Å². The van der Waals surface area contributed by atoms with Crippen LogP contribution in [-0.2, 0) is 20.0 Å². The van der Waals surface area contributed by atoms with Gasteiger partial charge in [-0.25, -0.2) is 13.2 Å². The third-order valence-corrected chi connectivity index (χ3v) is 6.30. The lowest BCUT2D eigenvalue weighted by atomic mass is 9.87. The fourth-order valence-electron chi connectivity index (χ4n) is 2.80. The second-order valence-corrected chi connectivity index (χ2v) is 11.2. The quantitative estimate of drug-likeness (QED) is 0.227. The predicted octanol–water partition coefficient (Wildman–Crippen LogP) is 4.00. The van der Waals surface area contributed by atoms with Gasteiger partial charge in [0.1, 0.15) is 17.4 Å². The Hall–Kier alpha value is -3.88. The average molecular weight is 511 g/mol. The number of carbonyl (C=O) groups excluding carboxylic acids is 2. The average Bonchev–Trinajstić information content (AvgIpc) is 3.27. The summed E-state index contributed by atoms with van der Waals surface area (Å²) < 4.78 is 32.0. The van der Waals surface area contributed by atoms with Gasteiger partial charge in [0.2, 0.25) is 15.0 Å². The second kappa shape index (κ2) is 10.2. The predicted molar refractivity (Wildman–Crippen MR) is 132 cm³/mol. The maximum Gasteiger partial charge on any atom is 0.343 e. The van der Waals surface area contributed by atoms with Gasteiger partial charge in [0.15, 0.2) is 0 Å². The molecule has 0 saturated heterocycles. The number of sulfone groups is 1. The lowest BCUT2D eigenvalue weighted by Gasteiger charge is -2.18. The molecule has 11 heteroatoms. The molecule has 3 rings (SSSR count). The Morgan fingerprint density at radius 1 is 1.09 bits per heavy atom. The van der Waals surface area contributed by atoms with E-state index in [0.717, 1.165) is 11.8 Å². The SMILES string of the molecule is CC(C)(C)c1ccc(C(=O)Oc2ccc(/C=C(/C#N)C(=O)Nc3nc(S(C)(=O)=O)ns3)cc2)cc1. The minimum Gasteiger partial charge on any atom is -0.423 e. The van der Waals surface area contributed by atoms with E-state index in [4.69, 9.17) is 4.74 Å².